The van der Waals surface area contributed by atoms with E-state index in [0.29, 0.717) is 24.9 Å². The van der Waals surface area contributed by atoms with Crippen LogP contribution in [0, 0.1) is 5.92 Å². The van der Waals surface area contributed by atoms with Gasteiger partial charge >= 0.3 is 0 Å². The van der Waals surface area contributed by atoms with Crippen LogP contribution in [0.4, 0.5) is 0 Å². The summed E-state index contributed by atoms with van der Waals surface area (Å²) in [7, 11) is -1.76. The van der Waals surface area contributed by atoms with Gasteiger partial charge in [0.1, 0.15) is 5.75 Å². The second-order valence-electron chi connectivity index (χ2n) is 6.56. The highest BCUT2D eigenvalue weighted by atomic mass is 32.2. The molecule has 1 heterocycles. The Balaban J connectivity index is 1.82. The Morgan fingerprint density at radius 1 is 1.27 bits per heavy atom. The minimum Gasteiger partial charge on any atom is -0.497 e. The molecule has 3 rings (SSSR count). The first kappa shape index (κ1) is 18.6. The van der Waals surface area contributed by atoms with Crippen molar-refractivity contribution in [2.24, 2.45) is 5.92 Å². The van der Waals surface area contributed by atoms with Crippen molar-refractivity contribution in [1.82, 2.24) is 4.31 Å². The number of ketones is 1. The van der Waals surface area contributed by atoms with Crippen molar-refractivity contribution in [3.05, 3.63) is 54.6 Å². The molecular formula is C20H23NO4S. The summed E-state index contributed by atoms with van der Waals surface area (Å²) in [5, 5.41) is 1.96. The van der Waals surface area contributed by atoms with Gasteiger partial charge in [0.05, 0.1) is 12.9 Å². The van der Waals surface area contributed by atoms with Crippen molar-refractivity contribution < 1.29 is 17.9 Å². The maximum absolute atomic E-state index is 12.9. The molecule has 0 radical (unpaired) electrons. The SMILES string of the molecule is C=CCS(=O)(=O)N1CCC[C@@H](C(=O)c2ccc3cc(OC)ccc3c2)C1. The second-order valence-corrected chi connectivity index (χ2v) is 8.57. The lowest BCUT2D eigenvalue weighted by atomic mass is 9.90. The number of sulfonamides is 1. The summed E-state index contributed by atoms with van der Waals surface area (Å²) >= 11 is 0. The number of hydrogen-bond donors (Lipinski definition) is 0. The van der Waals surface area contributed by atoms with Crippen LogP contribution in [-0.2, 0) is 10.0 Å². The summed E-state index contributed by atoms with van der Waals surface area (Å²) in [5.74, 6) is 0.373. The van der Waals surface area contributed by atoms with Crippen LogP contribution in [0.3, 0.4) is 0 Å². The number of piperidine rings is 1. The van der Waals surface area contributed by atoms with Gasteiger partial charge in [-0.15, -0.1) is 6.58 Å². The monoisotopic (exact) mass is 373 g/mol. The number of hydrogen-bond acceptors (Lipinski definition) is 4. The van der Waals surface area contributed by atoms with Crippen molar-refractivity contribution in [1.29, 1.82) is 0 Å². The van der Waals surface area contributed by atoms with Crippen LogP contribution in [-0.4, -0.2) is 44.5 Å². The molecule has 138 valence electrons. The van der Waals surface area contributed by atoms with Gasteiger partial charge in [-0.3, -0.25) is 4.79 Å². The minimum absolute atomic E-state index is 0.00113. The molecule has 0 unspecified atom stereocenters. The summed E-state index contributed by atoms with van der Waals surface area (Å²) in [6, 6.07) is 11.3. The number of methoxy groups -OCH3 is 1. The topological polar surface area (TPSA) is 63.7 Å². The molecular weight excluding hydrogens is 350 g/mol. The molecule has 1 saturated heterocycles. The normalized spacial score (nSPS) is 18.6. The van der Waals surface area contributed by atoms with Crippen molar-refractivity contribution in [2.75, 3.05) is 26.0 Å². The first-order valence-corrected chi connectivity index (χ1v) is 10.3. The molecule has 0 aliphatic carbocycles. The Hall–Kier alpha value is -2.18. The van der Waals surface area contributed by atoms with E-state index in [-0.39, 0.29) is 24.0 Å². The third kappa shape index (κ3) is 3.81. The fourth-order valence-corrected chi connectivity index (χ4v) is 4.73. The van der Waals surface area contributed by atoms with Gasteiger partial charge in [0.25, 0.3) is 0 Å². The van der Waals surface area contributed by atoms with Crippen LogP contribution in [0.15, 0.2) is 49.1 Å². The molecule has 1 atom stereocenters. The zero-order chi connectivity index (χ0) is 18.7. The van der Waals surface area contributed by atoms with Gasteiger partial charge < -0.3 is 4.74 Å². The summed E-state index contributed by atoms with van der Waals surface area (Å²) in [6.07, 6.45) is 2.79. The van der Waals surface area contributed by atoms with Crippen LogP contribution in [0.5, 0.6) is 5.75 Å². The average Bonchev–Trinajstić information content (AvgIpc) is 2.66. The fraction of sp³-hybridized carbons (Fsp3) is 0.350. The molecule has 0 spiro atoms. The largest absolute Gasteiger partial charge is 0.497 e. The number of benzene rings is 2. The van der Waals surface area contributed by atoms with E-state index >= 15 is 0 Å². The quantitative estimate of drug-likeness (QED) is 0.576. The van der Waals surface area contributed by atoms with E-state index in [4.69, 9.17) is 4.74 Å². The molecule has 1 aliphatic heterocycles. The zero-order valence-corrected chi connectivity index (χ0v) is 15.7. The van der Waals surface area contributed by atoms with Crippen molar-refractivity contribution >= 4 is 26.6 Å². The van der Waals surface area contributed by atoms with Gasteiger partial charge in [-0.2, -0.15) is 0 Å². The van der Waals surface area contributed by atoms with E-state index in [1.54, 1.807) is 13.2 Å². The first-order chi connectivity index (χ1) is 12.4. The second kappa shape index (κ2) is 7.60. The van der Waals surface area contributed by atoms with Gasteiger partial charge in [-0.1, -0.05) is 24.3 Å². The lowest BCUT2D eigenvalue weighted by Crippen LogP contribution is -2.43. The third-order valence-corrected chi connectivity index (χ3v) is 6.58. The smallest absolute Gasteiger partial charge is 0.217 e. The molecule has 1 fully saturated rings. The lowest BCUT2D eigenvalue weighted by Gasteiger charge is -2.31. The predicted octanol–water partition coefficient (Wildman–Crippen LogP) is 3.26. The summed E-state index contributed by atoms with van der Waals surface area (Å²) in [6.45, 7) is 4.22. The molecule has 0 N–H and O–H groups in total. The van der Waals surface area contributed by atoms with E-state index in [0.717, 1.165) is 16.5 Å². The van der Waals surface area contributed by atoms with Gasteiger partial charge in [0.15, 0.2) is 5.78 Å². The fourth-order valence-electron chi connectivity index (χ4n) is 3.40. The van der Waals surface area contributed by atoms with Crippen molar-refractivity contribution in [2.45, 2.75) is 12.8 Å². The highest BCUT2D eigenvalue weighted by molar-refractivity contribution is 7.89. The van der Waals surface area contributed by atoms with E-state index in [2.05, 4.69) is 6.58 Å². The van der Waals surface area contributed by atoms with E-state index < -0.39 is 10.0 Å². The van der Waals surface area contributed by atoms with Crippen molar-refractivity contribution in [3.63, 3.8) is 0 Å². The Morgan fingerprint density at radius 2 is 2.00 bits per heavy atom. The highest BCUT2D eigenvalue weighted by Gasteiger charge is 2.32. The minimum atomic E-state index is -3.38. The number of nitrogens with zero attached hydrogens (tertiary/aromatic N) is 1. The molecule has 1 aliphatic rings. The lowest BCUT2D eigenvalue weighted by molar-refractivity contribution is 0.0872. The summed E-state index contributed by atoms with van der Waals surface area (Å²) < 4.78 is 31.2. The molecule has 0 aromatic heterocycles. The third-order valence-electron chi connectivity index (χ3n) is 4.81. The molecule has 26 heavy (non-hydrogen) atoms. The molecule has 0 saturated carbocycles. The number of fused-ring (bicyclic) bond motifs is 1. The van der Waals surface area contributed by atoms with Crippen LogP contribution >= 0.6 is 0 Å². The number of Topliss-reactive ketones (excluding diaryl/α,β-unsaturated/α-hetero) is 1. The van der Waals surface area contributed by atoms with Gasteiger partial charge in [0, 0.05) is 24.6 Å². The van der Waals surface area contributed by atoms with Crippen LogP contribution in [0.25, 0.3) is 10.8 Å². The Kier molecular flexibility index (Phi) is 5.44. The van der Waals surface area contributed by atoms with E-state index in [1.807, 2.05) is 30.3 Å². The number of ether oxygens (including phenoxy) is 1. The van der Waals surface area contributed by atoms with E-state index in [1.165, 1.54) is 10.4 Å². The zero-order valence-electron chi connectivity index (χ0n) is 14.8. The Bertz CT molecular complexity index is 936. The molecule has 6 heteroatoms. The Labute approximate surface area is 154 Å². The number of carbonyl (C=O) groups excluding carboxylic acids is 1. The highest BCUT2D eigenvalue weighted by Crippen LogP contribution is 2.26. The molecule has 2 aromatic rings. The average molecular weight is 373 g/mol. The number of carbonyl (C=O) groups is 1. The van der Waals surface area contributed by atoms with Crippen LogP contribution < -0.4 is 4.74 Å². The molecule has 2 aromatic carbocycles. The van der Waals surface area contributed by atoms with Crippen molar-refractivity contribution in [3.8, 4) is 5.75 Å². The standard InChI is InChI=1S/C20H23NO4S/c1-3-11-26(23,24)21-10-4-5-18(14-21)20(22)17-7-6-16-13-19(25-2)9-8-15(16)12-17/h3,6-9,12-13,18H,1,4-5,10-11,14H2,2H3/t18-/m1/s1. The summed E-state index contributed by atoms with van der Waals surface area (Å²) in [5.41, 5.74) is 0.621. The molecule has 0 bridgehead atoms. The maximum atomic E-state index is 12.9. The van der Waals surface area contributed by atoms with Gasteiger partial charge in [-0.05, 0) is 41.8 Å². The number of rotatable bonds is 6. The van der Waals surface area contributed by atoms with E-state index in [9.17, 15) is 13.2 Å². The molecule has 5 nitrogen and oxygen atoms in total. The van der Waals surface area contributed by atoms with Gasteiger partial charge in [0.2, 0.25) is 10.0 Å². The van der Waals surface area contributed by atoms with Crippen LogP contribution in [0.2, 0.25) is 0 Å². The first-order valence-electron chi connectivity index (χ1n) is 8.65. The summed E-state index contributed by atoms with van der Waals surface area (Å²) in [4.78, 5) is 12.9. The predicted molar refractivity (Wildman–Crippen MR) is 103 cm³/mol. The molecule has 0 amide bonds. The van der Waals surface area contributed by atoms with Crippen LogP contribution in [0.1, 0.15) is 23.2 Å². The maximum Gasteiger partial charge on any atom is 0.217 e. The Morgan fingerprint density at radius 3 is 2.73 bits per heavy atom. The van der Waals surface area contributed by atoms with Gasteiger partial charge in [-0.25, -0.2) is 12.7 Å².